The normalized spacial score (nSPS) is 11.4. The van der Waals surface area contributed by atoms with Gasteiger partial charge in [-0.3, -0.25) is 4.79 Å². The minimum absolute atomic E-state index is 0.0170. The van der Waals surface area contributed by atoms with Crippen molar-refractivity contribution in [3.05, 3.63) is 30.1 Å². The standard InChI is InChI=1S/C14H21FN2OS/c1-4-17(12-7-5-11(15)6-8-12)13(18)9-19-10-14(2,3)16/h5-8H,4,9-10,16H2,1-3H3. The van der Waals surface area contributed by atoms with E-state index in [2.05, 4.69) is 0 Å². The van der Waals surface area contributed by atoms with Crippen LogP contribution >= 0.6 is 11.8 Å². The summed E-state index contributed by atoms with van der Waals surface area (Å²) in [5, 5.41) is 0. The van der Waals surface area contributed by atoms with E-state index in [0.717, 1.165) is 11.4 Å². The van der Waals surface area contributed by atoms with Crippen LogP contribution in [-0.2, 0) is 4.79 Å². The SMILES string of the molecule is CCN(C(=O)CSCC(C)(C)N)c1ccc(F)cc1. The molecule has 5 heteroatoms. The van der Waals surface area contributed by atoms with E-state index in [1.165, 1.54) is 23.9 Å². The maximum Gasteiger partial charge on any atom is 0.236 e. The summed E-state index contributed by atoms with van der Waals surface area (Å²) in [6.07, 6.45) is 0. The van der Waals surface area contributed by atoms with Crippen LogP contribution < -0.4 is 10.6 Å². The van der Waals surface area contributed by atoms with Crippen LogP contribution in [0.25, 0.3) is 0 Å². The number of nitrogens with zero attached hydrogens (tertiary/aromatic N) is 1. The summed E-state index contributed by atoms with van der Waals surface area (Å²) in [6.45, 7) is 6.33. The van der Waals surface area contributed by atoms with Crippen molar-refractivity contribution in [1.82, 2.24) is 0 Å². The fraction of sp³-hybridized carbons (Fsp3) is 0.500. The van der Waals surface area contributed by atoms with Crippen molar-refractivity contribution in [3.63, 3.8) is 0 Å². The van der Waals surface area contributed by atoms with Crippen LogP contribution in [0.2, 0.25) is 0 Å². The lowest BCUT2D eigenvalue weighted by molar-refractivity contribution is -0.116. The molecule has 0 aromatic heterocycles. The minimum atomic E-state index is -0.300. The number of amides is 1. The van der Waals surface area contributed by atoms with Crippen molar-refractivity contribution in [2.45, 2.75) is 26.3 Å². The minimum Gasteiger partial charge on any atom is -0.325 e. The maximum absolute atomic E-state index is 12.9. The molecule has 1 rings (SSSR count). The van der Waals surface area contributed by atoms with Gasteiger partial charge in [-0.1, -0.05) is 0 Å². The molecule has 0 saturated carbocycles. The summed E-state index contributed by atoms with van der Waals surface area (Å²) in [4.78, 5) is 13.8. The van der Waals surface area contributed by atoms with Gasteiger partial charge in [0.1, 0.15) is 5.82 Å². The number of hydrogen-bond donors (Lipinski definition) is 1. The van der Waals surface area contributed by atoms with Gasteiger partial charge in [-0.25, -0.2) is 4.39 Å². The van der Waals surface area contributed by atoms with Crippen LogP contribution in [-0.4, -0.2) is 29.5 Å². The third-order valence-corrected chi connectivity index (χ3v) is 3.85. The summed E-state index contributed by atoms with van der Waals surface area (Å²) in [5.74, 6) is 0.820. The Morgan fingerprint density at radius 3 is 2.42 bits per heavy atom. The largest absolute Gasteiger partial charge is 0.325 e. The predicted molar refractivity (Wildman–Crippen MR) is 80.0 cm³/mol. The number of carbonyl (C=O) groups is 1. The highest BCUT2D eigenvalue weighted by Crippen LogP contribution is 2.17. The average Bonchev–Trinajstić information content (AvgIpc) is 2.31. The molecule has 0 spiro atoms. The highest BCUT2D eigenvalue weighted by molar-refractivity contribution is 8.00. The molecule has 1 aromatic rings. The number of rotatable bonds is 6. The lowest BCUT2D eigenvalue weighted by Gasteiger charge is -2.22. The zero-order valence-electron chi connectivity index (χ0n) is 11.6. The van der Waals surface area contributed by atoms with Gasteiger partial charge in [0, 0.05) is 23.5 Å². The number of benzene rings is 1. The molecule has 1 amide bonds. The first-order chi connectivity index (χ1) is 8.83. The molecule has 0 fully saturated rings. The molecule has 106 valence electrons. The smallest absolute Gasteiger partial charge is 0.236 e. The van der Waals surface area contributed by atoms with Gasteiger partial charge in [-0.15, -0.1) is 0 Å². The van der Waals surface area contributed by atoms with Crippen molar-refractivity contribution in [2.75, 3.05) is 23.0 Å². The van der Waals surface area contributed by atoms with E-state index >= 15 is 0 Å². The summed E-state index contributed by atoms with van der Waals surface area (Å²) < 4.78 is 12.9. The summed E-state index contributed by atoms with van der Waals surface area (Å²) in [7, 11) is 0. The second kappa shape index (κ2) is 6.91. The first kappa shape index (κ1) is 16.0. The number of halogens is 1. The predicted octanol–water partition coefficient (Wildman–Crippen LogP) is 2.65. The summed E-state index contributed by atoms with van der Waals surface area (Å²) >= 11 is 1.52. The fourth-order valence-electron chi connectivity index (χ4n) is 1.60. The highest BCUT2D eigenvalue weighted by Gasteiger charge is 2.16. The second-order valence-electron chi connectivity index (χ2n) is 5.10. The maximum atomic E-state index is 12.9. The van der Waals surface area contributed by atoms with Crippen molar-refractivity contribution < 1.29 is 9.18 Å². The number of anilines is 1. The molecule has 0 saturated heterocycles. The van der Waals surface area contributed by atoms with E-state index < -0.39 is 0 Å². The summed E-state index contributed by atoms with van der Waals surface area (Å²) in [6, 6.07) is 5.96. The van der Waals surface area contributed by atoms with Gasteiger partial charge in [0.25, 0.3) is 0 Å². The van der Waals surface area contributed by atoms with Crippen molar-refractivity contribution in [2.24, 2.45) is 5.73 Å². The van der Waals surface area contributed by atoms with Crippen LogP contribution in [0.1, 0.15) is 20.8 Å². The molecular weight excluding hydrogens is 263 g/mol. The van der Waals surface area contributed by atoms with Crippen LogP contribution in [0.4, 0.5) is 10.1 Å². The highest BCUT2D eigenvalue weighted by atomic mass is 32.2. The van der Waals surface area contributed by atoms with Crippen LogP contribution in [0.3, 0.4) is 0 Å². The molecule has 0 aliphatic carbocycles. The van der Waals surface area contributed by atoms with Gasteiger partial charge in [0.15, 0.2) is 0 Å². The van der Waals surface area contributed by atoms with Gasteiger partial charge >= 0.3 is 0 Å². The average molecular weight is 284 g/mol. The van der Waals surface area contributed by atoms with E-state index in [-0.39, 0.29) is 17.3 Å². The molecule has 1 aromatic carbocycles. The topological polar surface area (TPSA) is 46.3 Å². The molecule has 0 heterocycles. The fourth-order valence-corrected chi connectivity index (χ4v) is 2.56. The molecule has 0 atom stereocenters. The second-order valence-corrected chi connectivity index (χ2v) is 6.08. The van der Waals surface area contributed by atoms with Gasteiger partial charge in [0.2, 0.25) is 5.91 Å². The van der Waals surface area contributed by atoms with Gasteiger partial charge in [-0.2, -0.15) is 11.8 Å². The van der Waals surface area contributed by atoms with E-state index in [1.807, 2.05) is 20.8 Å². The Bertz CT molecular complexity index is 414. The Hall–Kier alpha value is -1.07. The Morgan fingerprint density at radius 1 is 1.37 bits per heavy atom. The van der Waals surface area contributed by atoms with E-state index in [0.29, 0.717) is 12.3 Å². The Kier molecular flexibility index (Phi) is 5.82. The zero-order valence-corrected chi connectivity index (χ0v) is 12.5. The number of nitrogens with two attached hydrogens (primary N) is 1. The molecule has 19 heavy (non-hydrogen) atoms. The summed E-state index contributed by atoms with van der Waals surface area (Å²) in [5.41, 5.74) is 6.31. The lowest BCUT2D eigenvalue weighted by Crippen LogP contribution is -2.36. The third kappa shape index (κ3) is 5.61. The zero-order chi connectivity index (χ0) is 14.5. The van der Waals surface area contributed by atoms with E-state index in [4.69, 9.17) is 5.73 Å². The van der Waals surface area contributed by atoms with Gasteiger partial charge < -0.3 is 10.6 Å². The molecular formula is C14H21FN2OS. The number of carbonyl (C=O) groups excluding carboxylic acids is 1. The number of thioether (sulfide) groups is 1. The van der Waals surface area contributed by atoms with Crippen molar-refractivity contribution in [3.8, 4) is 0 Å². The Labute approximate surface area is 118 Å². The third-order valence-electron chi connectivity index (χ3n) is 2.46. The molecule has 3 nitrogen and oxygen atoms in total. The van der Waals surface area contributed by atoms with Crippen LogP contribution in [0, 0.1) is 5.82 Å². The number of hydrogen-bond acceptors (Lipinski definition) is 3. The van der Waals surface area contributed by atoms with Gasteiger partial charge in [-0.05, 0) is 45.0 Å². The molecule has 2 N–H and O–H groups in total. The van der Waals surface area contributed by atoms with Crippen LogP contribution in [0.5, 0.6) is 0 Å². The first-order valence-electron chi connectivity index (χ1n) is 6.26. The lowest BCUT2D eigenvalue weighted by atomic mass is 10.1. The molecule has 0 aliphatic heterocycles. The molecule has 0 aliphatic rings. The Balaban J connectivity index is 2.59. The van der Waals surface area contributed by atoms with Gasteiger partial charge in [0.05, 0.1) is 5.75 Å². The monoisotopic (exact) mass is 284 g/mol. The molecule has 0 bridgehead atoms. The van der Waals surface area contributed by atoms with E-state index in [1.54, 1.807) is 17.0 Å². The van der Waals surface area contributed by atoms with Crippen molar-refractivity contribution in [1.29, 1.82) is 0 Å². The van der Waals surface area contributed by atoms with Crippen LogP contribution in [0.15, 0.2) is 24.3 Å². The van der Waals surface area contributed by atoms with E-state index in [9.17, 15) is 9.18 Å². The first-order valence-corrected chi connectivity index (χ1v) is 7.41. The van der Waals surface area contributed by atoms with Crippen molar-refractivity contribution >= 4 is 23.4 Å². The Morgan fingerprint density at radius 2 is 1.95 bits per heavy atom. The quantitative estimate of drug-likeness (QED) is 0.873. The molecule has 0 unspecified atom stereocenters. The molecule has 0 radical (unpaired) electrons.